The lowest BCUT2D eigenvalue weighted by atomic mass is 10.2. The standard InChI is InChI=1S/C18H24N4O6S/c1-11-17(25)20-9-16(24)28-12(5-3-4-6-29)7-14(23)19-8-15-22-13(10-27-15)18(21-11)26-2/h3,5,10-12,29H,4,6-9H2,1-2H3,(H,19,23)(H,20,25)/b5-3+,21-18?/t11-,12-/m1/s1. The minimum Gasteiger partial charge on any atom is -0.480 e. The molecular formula is C18H24N4O6S. The highest BCUT2D eigenvalue weighted by atomic mass is 32.1. The number of carbonyl (C=O) groups excluding carboxylic acids is 3. The number of hydrogen-bond acceptors (Lipinski definition) is 9. The molecule has 0 unspecified atom stereocenters. The van der Waals surface area contributed by atoms with E-state index in [9.17, 15) is 14.4 Å². The molecule has 1 aliphatic heterocycles. The van der Waals surface area contributed by atoms with Crippen molar-refractivity contribution in [1.29, 1.82) is 0 Å². The Hall–Kier alpha value is -2.82. The van der Waals surface area contributed by atoms with Crippen LogP contribution in [0.2, 0.25) is 0 Å². The summed E-state index contributed by atoms with van der Waals surface area (Å²) in [5, 5.41) is 5.11. The van der Waals surface area contributed by atoms with Gasteiger partial charge in [-0.15, -0.1) is 0 Å². The van der Waals surface area contributed by atoms with E-state index in [1.807, 2.05) is 0 Å². The zero-order valence-corrected chi connectivity index (χ0v) is 17.1. The minimum absolute atomic E-state index is 0.0346. The highest BCUT2D eigenvalue weighted by molar-refractivity contribution is 7.80. The van der Waals surface area contributed by atoms with Crippen molar-refractivity contribution in [1.82, 2.24) is 15.6 Å². The summed E-state index contributed by atoms with van der Waals surface area (Å²) in [7, 11) is 1.39. The first kappa shape index (κ1) is 22.5. The van der Waals surface area contributed by atoms with Gasteiger partial charge < -0.3 is 24.5 Å². The average molecular weight is 424 g/mol. The van der Waals surface area contributed by atoms with E-state index in [0.717, 1.165) is 0 Å². The molecular weight excluding hydrogens is 400 g/mol. The van der Waals surface area contributed by atoms with E-state index in [-0.39, 0.29) is 42.9 Å². The molecule has 2 bridgehead atoms. The van der Waals surface area contributed by atoms with Crippen molar-refractivity contribution in [2.24, 2.45) is 4.99 Å². The molecule has 0 saturated carbocycles. The number of allylic oxidation sites excluding steroid dienone is 1. The number of thiol groups is 1. The van der Waals surface area contributed by atoms with Crippen molar-refractivity contribution >= 4 is 36.3 Å². The normalized spacial score (nSPS) is 21.9. The van der Waals surface area contributed by atoms with E-state index in [2.05, 4.69) is 33.2 Å². The van der Waals surface area contributed by atoms with Gasteiger partial charge in [-0.05, 0) is 25.2 Å². The maximum atomic E-state index is 12.2. The molecule has 158 valence electrons. The SMILES string of the molecule is COC1=N[C@H](C)C(=O)NCC(=O)O[C@H](/C=C/CCS)CC(=O)NCc2nc1co2. The molecule has 1 aromatic rings. The smallest absolute Gasteiger partial charge is 0.326 e. The molecule has 11 heteroatoms. The molecule has 2 rings (SSSR count). The van der Waals surface area contributed by atoms with Gasteiger partial charge in [-0.1, -0.05) is 6.08 Å². The summed E-state index contributed by atoms with van der Waals surface area (Å²) >= 11 is 4.11. The van der Waals surface area contributed by atoms with E-state index in [1.165, 1.54) is 13.4 Å². The van der Waals surface area contributed by atoms with E-state index >= 15 is 0 Å². The Bertz CT molecular complexity index is 791. The third-order valence-corrected chi connectivity index (χ3v) is 4.07. The summed E-state index contributed by atoms with van der Waals surface area (Å²) in [5.41, 5.74) is 0.287. The predicted octanol–water partition coefficient (Wildman–Crippen LogP) is 0.380. The number of esters is 1. The van der Waals surface area contributed by atoms with Crippen LogP contribution in [0.4, 0.5) is 0 Å². The molecule has 0 saturated heterocycles. The van der Waals surface area contributed by atoms with Gasteiger partial charge >= 0.3 is 5.97 Å². The number of nitrogens with one attached hydrogen (secondary N) is 2. The van der Waals surface area contributed by atoms with E-state index < -0.39 is 24.0 Å². The number of fused-ring (bicyclic) bond motifs is 2. The fraction of sp³-hybridized carbons (Fsp3) is 0.500. The van der Waals surface area contributed by atoms with Crippen molar-refractivity contribution in [3.8, 4) is 0 Å². The quantitative estimate of drug-likeness (QED) is 0.363. The number of nitrogens with zero attached hydrogens (tertiary/aromatic N) is 2. The molecule has 0 spiro atoms. The van der Waals surface area contributed by atoms with Crippen molar-refractivity contribution in [3.05, 3.63) is 30.0 Å². The van der Waals surface area contributed by atoms with Gasteiger partial charge in [0.2, 0.25) is 23.6 Å². The van der Waals surface area contributed by atoms with Crippen molar-refractivity contribution < 1.29 is 28.3 Å². The van der Waals surface area contributed by atoms with E-state index in [1.54, 1.807) is 19.1 Å². The van der Waals surface area contributed by atoms with Gasteiger partial charge in [-0.25, -0.2) is 9.98 Å². The number of aliphatic imine (C=N–C) groups is 1. The molecule has 2 atom stereocenters. The lowest BCUT2D eigenvalue weighted by Gasteiger charge is -2.15. The number of carbonyl (C=O) groups is 3. The first-order valence-electron chi connectivity index (χ1n) is 9.01. The van der Waals surface area contributed by atoms with Crippen molar-refractivity contribution in [2.75, 3.05) is 19.4 Å². The number of rotatable bonds is 3. The molecule has 29 heavy (non-hydrogen) atoms. The molecule has 2 N–H and O–H groups in total. The fourth-order valence-electron chi connectivity index (χ4n) is 2.37. The highest BCUT2D eigenvalue weighted by Crippen LogP contribution is 2.08. The number of amides is 2. The summed E-state index contributed by atoms with van der Waals surface area (Å²) in [6.07, 6.45) is 4.52. The first-order valence-corrected chi connectivity index (χ1v) is 9.64. The van der Waals surface area contributed by atoms with E-state index in [0.29, 0.717) is 12.2 Å². The lowest BCUT2D eigenvalue weighted by molar-refractivity contribution is -0.148. The molecule has 1 aliphatic rings. The Kier molecular flexibility index (Phi) is 8.71. The summed E-state index contributed by atoms with van der Waals surface area (Å²) in [6.45, 7) is 1.23. The number of oxazole rings is 1. The van der Waals surface area contributed by atoms with E-state index in [4.69, 9.17) is 13.9 Å². The van der Waals surface area contributed by atoms with Gasteiger partial charge in [0.1, 0.15) is 25.0 Å². The van der Waals surface area contributed by atoms with Crippen LogP contribution in [0.3, 0.4) is 0 Å². The second-order valence-electron chi connectivity index (χ2n) is 6.11. The molecule has 10 nitrogen and oxygen atoms in total. The van der Waals surface area contributed by atoms with Crippen LogP contribution >= 0.6 is 12.6 Å². The molecule has 0 aromatic carbocycles. The van der Waals surface area contributed by atoms with Gasteiger partial charge in [-0.2, -0.15) is 12.6 Å². The topological polar surface area (TPSA) is 132 Å². The average Bonchev–Trinajstić information content (AvgIpc) is 3.16. The molecule has 2 amide bonds. The third kappa shape index (κ3) is 7.26. The molecule has 0 fully saturated rings. The second-order valence-corrected chi connectivity index (χ2v) is 6.56. The van der Waals surface area contributed by atoms with Crippen LogP contribution in [0.5, 0.6) is 0 Å². The Morgan fingerprint density at radius 3 is 2.83 bits per heavy atom. The fourth-order valence-corrected chi connectivity index (χ4v) is 2.52. The van der Waals surface area contributed by atoms with Crippen molar-refractivity contribution in [3.63, 3.8) is 0 Å². The predicted molar refractivity (Wildman–Crippen MR) is 106 cm³/mol. The van der Waals surface area contributed by atoms with Gasteiger partial charge in [0, 0.05) is 0 Å². The minimum atomic E-state index is -0.836. The van der Waals surface area contributed by atoms with Gasteiger partial charge in [-0.3, -0.25) is 14.4 Å². The van der Waals surface area contributed by atoms with Crippen LogP contribution in [-0.2, 0) is 30.4 Å². The lowest BCUT2D eigenvalue weighted by Crippen LogP contribution is -2.38. The summed E-state index contributed by atoms with van der Waals surface area (Å²) < 4.78 is 15.8. The zero-order chi connectivity index (χ0) is 21.2. The zero-order valence-electron chi connectivity index (χ0n) is 16.2. The summed E-state index contributed by atoms with van der Waals surface area (Å²) in [4.78, 5) is 44.9. The van der Waals surface area contributed by atoms with Crippen LogP contribution in [0, 0.1) is 0 Å². The number of cyclic esters (lactones) is 1. The summed E-state index contributed by atoms with van der Waals surface area (Å²) in [5.74, 6) is -0.569. The van der Waals surface area contributed by atoms with Crippen LogP contribution in [0.25, 0.3) is 0 Å². The number of hydrogen-bond donors (Lipinski definition) is 3. The Labute approximate surface area is 173 Å². The van der Waals surface area contributed by atoms with Crippen molar-refractivity contribution in [2.45, 2.75) is 38.5 Å². The number of aromatic nitrogens is 1. The molecule has 0 aliphatic carbocycles. The van der Waals surface area contributed by atoms with Gasteiger partial charge in [0.25, 0.3) is 0 Å². The highest BCUT2D eigenvalue weighted by Gasteiger charge is 2.21. The largest absolute Gasteiger partial charge is 0.480 e. The third-order valence-electron chi connectivity index (χ3n) is 3.81. The summed E-state index contributed by atoms with van der Waals surface area (Å²) in [6, 6.07) is -0.836. The maximum absolute atomic E-state index is 12.2. The number of ether oxygens (including phenoxy) is 2. The Balaban J connectivity index is 2.22. The second kappa shape index (κ2) is 11.2. The first-order chi connectivity index (χ1) is 13.9. The molecule has 2 heterocycles. The Morgan fingerprint density at radius 2 is 2.10 bits per heavy atom. The maximum Gasteiger partial charge on any atom is 0.326 e. The van der Waals surface area contributed by atoms with Gasteiger partial charge in [0.05, 0.1) is 20.1 Å². The van der Waals surface area contributed by atoms with Crippen LogP contribution in [0.15, 0.2) is 27.8 Å². The number of methoxy groups -OCH3 is 1. The van der Waals surface area contributed by atoms with Gasteiger partial charge in [0.15, 0.2) is 5.69 Å². The molecule has 0 radical (unpaired) electrons. The Morgan fingerprint density at radius 1 is 1.31 bits per heavy atom. The van der Waals surface area contributed by atoms with Crippen LogP contribution in [0.1, 0.15) is 31.4 Å². The molecule has 1 aromatic heterocycles. The van der Waals surface area contributed by atoms with Crippen LogP contribution < -0.4 is 10.6 Å². The van der Waals surface area contributed by atoms with Crippen LogP contribution in [-0.4, -0.2) is 60.2 Å². The monoisotopic (exact) mass is 424 g/mol.